The van der Waals surface area contributed by atoms with Crippen molar-refractivity contribution in [1.29, 1.82) is 0 Å². The van der Waals surface area contributed by atoms with E-state index in [0.717, 1.165) is 11.3 Å². The summed E-state index contributed by atoms with van der Waals surface area (Å²) in [5.41, 5.74) is 1.00. The zero-order chi connectivity index (χ0) is 12.8. The number of amides is 1. The van der Waals surface area contributed by atoms with Crippen molar-refractivity contribution in [3.8, 4) is 5.75 Å². The van der Waals surface area contributed by atoms with Crippen LogP contribution in [0.4, 0.5) is 0 Å². The fourth-order valence-electron chi connectivity index (χ4n) is 1.40. The predicted molar refractivity (Wildman–Crippen MR) is 62.7 cm³/mol. The Morgan fingerprint density at radius 1 is 1.39 bits per heavy atom. The van der Waals surface area contributed by atoms with Gasteiger partial charge in [-0.1, -0.05) is 12.1 Å². The molecule has 0 aliphatic rings. The first kappa shape index (κ1) is 12.0. The van der Waals surface area contributed by atoms with Crippen LogP contribution >= 0.6 is 0 Å². The van der Waals surface area contributed by atoms with Gasteiger partial charge < -0.3 is 10.1 Å². The minimum atomic E-state index is -0.141. The van der Waals surface area contributed by atoms with Crippen molar-refractivity contribution in [2.24, 2.45) is 0 Å². The summed E-state index contributed by atoms with van der Waals surface area (Å²) < 4.78 is 6.42. The van der Waals surface area contributed by atoms with E-state index in [1.165, 1.54) is 11.0 Å². The standard InChI is InChI=1S/C11H13N5O2/c1-18-10-4-2-9(3-5-10)6-12-11(17)7-16-8-13-14-15-16/h2-5,8H,6-7H2,1H3,(H,12,17). The Balaban J connectivity index is 1.81. The molecule has 7 heteroatoms. The zero-order valence-corrected chi connectivity index (χ0v) is 9.91. The number of tetrazole rings is 1. The van der Waals surface area contributed by atoms with E-state index in [2.05, 4.69) is 20.8 Å². The molecule has 1 heterocycles. The lowest BCUT2D eigenvalue weighted by atomic mass is 10.2. The molecule has 94 valence electrons. The summed E-state index contributed by atoms with van der Waals surface area (Å²) in [6, 6.07) is 7.50. The van der Waals surface area contributed by atoms with Gasteiger partial charge in [-0.15, -0.1) is 5.10 Å². The maximum atomic E-state index is 11.6. The van der Waals surface area contributed by atoms with Crippen molar-refractivity contribution in [3.05, 3.63) is 36.2 Å². The Labute approximate surface area is 104 Å². The van der Waals surface area contributed by atoms with Crippen LogP contribution in [0.15, 0.2) is 30.6 Å². The third-order valence-corrected chi connectivity index (χ3v) is 2.35. The van der Waals surface area contributed by atoms with E-state index in [4.69, 9.17) is 4.74 Å². The molecule has 0 radical (unpaired) electrons. The lowest BCUT2D eigenvalue weighted by Gasteiger charge is -2.05. The number of hydrogen-bond acceptors (Lipinski definition) is 5. The van der Waals surface area contributed by atoms with Crippen molar-refractivity contribution in [2.45, 2.75) is 13.1 Å². The number of carbonyl (C=O) groups excluding carboxylic acids is 1. The van der Waals surface area contributed by atoms with Gasteiger partial charge in [-0.25, -0.2) is 4.68 Å². The predicted octanol–water partition coefficient (Wildman–Crippen LogP) is -0.00190. The van der Waals surface area contributed by atoms with Gasteiger partial charge in [0.15, 0.2) is 0 Å². The average Bonchev–Trinajstić information content (AvgIpc) is 2.90. The third-order valence-electron chi connectivity index (χ3n) is 2.35. The van der Waals surface area contributed by atoms with Gasteiger partial charge in [-0.05, 0) is 28.1 Å². The maximum absolute atomic E-state index is 11.6. The van der Waals surface area contributed by atoms with Crippen LogP contribution in [-0.2, 0) is 17.9 Å². The molecule has 2 aromatic rings. The number of rotatable bonds is 5. The Hall–Kier alpha value is -2.44. The Morgan fingerprint density at radius 2 is 2.17 bits per heavy atom. The molecular weight excluding hydrogens is 234 g/mol. The number of methoxy groups -OCH3 is 1. The van der Waals surface area contributed by atoms with Crippen LogP contribution in [0.1, 0.15) is 5.56 Å². The third kappa shape index (κ3) is 3.27. The van der Waals surface area contributed by atoms with Gasteiger partial charge >= 0.3 is 0 Å². The van der Waals surface area contributed by atoms with Crippen molar-refractivity contribution < 1.29 is 9.53 Å². The van der Waals surface area contributed by atoms with E-state index in [-0.39, 0.29) is 12.5 Å². The van der Waals surface area contributed by atoms with E-state index < -0.39 is 0 Å². The largest absolute Gasteiger partial charge is 0.497 e. The molecule has 1 aromatic carbocycles. The van der Waals surface area contributed by atoms with Crippen LogP contribution in [0.2, 0.25) is 0 Å². The van der Waals surface area contributed by atoms with Crippen LogP contribution < -0.4 is 10.1 Å². The van der Waals surface area contributed by atoms with Gasteiger partial charge in [0, 0.05) is 6.54 Å². The van der Waals surface area contributed by atoms with Crippen molar-refractivity contribution in [1.82, 2.24) is 25.5 Å². The molecular formula is C11H13N5O2. The van der Waals surface area contributed by atoms with Crippen molar-refractivity contribution in [2.75, 3.05) is 7.11 Å². The second-order valence-corrected chi connectivity index (χ2v) is 3.63. The molecule has 0 bridgehead atoms. The van der Waals surface area contributed by atoms with Crippen LogP contribution in [0, 0.1) is 0 Å². The second kappa shape index (κ2) is 5.76. The Morgan fingerprint density at radius 3 is 2.78 bits per heavy atom. The molecule has 0 unspecified atom stereocenters. The van der Waals surface area contributed by atoms with Crippen molar-refractivity contribution in [3.63, 3.8) is 0 Å². The zero-order valence-electron chi connectivity index (χ0n) is 9.91. The average molecular weight is 247 g/mol. The van der Waals surface area contributed by atoms with E-state index in [9.17, 15) is 4.79 Å². The second-order valence-electron chi connectivity index (χ2n) is 3.63. The summed E-state index contributed by atoms with van der Waals surface area (Å²) in [6.07, 6.45) is 1.40. The quantitative estimate of drug-likeness (QED) is 0.804. The molecule has 18 heavy (non-hydrogen) atoms. The monoisotopic (exact) mass is 247 g/mol. The summed E-state index contributed by atoms with van der Waals surface area (Å²) >= 11 is 0. The molecule has 2 rings (SSSR count). The minimum Gasteiger partial charge on any atom is -0.497 e. The van der Waals surface area contributed by atoms with Crippen LogP contribution in [-0.4, -0.2) is 33.2 Å². The fourth-order valence-corrected chi connectivity index (χ4v) is 1.40. The lowest BCUT2D eigenvalue weighted by molar-refractivity contribution is -0.122. The van der Waals surface area contributed by atoms with Gasteiger partial charge in [-0.3, -0.25) is 4.79 Å². The number of aromatic nitrogens is 4. The van der Waals surface area contributed by atoms with Gasteiger partial charge in [0.2, 0.25) is 5.91 Å². The van der Waals surface area contributed by atoms with Crippen LogP contribution in [0.3, 0.4) is 0 Å². The van der Waals surface area contributed by atoms with Gasteiger partial charge in [-0.2, -0.15) is 0 Å². The number of nitrogens with one attached hydrogen (secondary N) is 1. The molecule has 0 saturated carbocycles. The van der Waals surface area contributed by atoms with E-state index in [0.29, 0.717) is 6.54 Å². The highest BCUT2D eigenvalue weighted by molar-refractivity contribution is 5.75. The number of benzene rings is 1. The Kier molecular flexibility index (Phi) is 3.85. The maximum Gasteiger partial charge on any atom is 0.242 e. The highest BCUT2D eigenvalue weighted by Gasteiger charge is 2.03. The molecule has 1 amide bonds. The molecule has 0 atom stereocenters. The van der Waals surface area contributed by atoms with E-state index in [1.807, 2.05) is 24.3 Å². The molecule has 0 aliphatic heterocycles. The van der Waals surface area contributed by atoms with Crippen LogP contribution in [0.5, 0.6) is 5.75 Å². The Bertz CT molecular complexity index is 495. The summed E-state index contributed by atoms with van der Waals surface area (Å²) in [4.78, 5) is 11.6. The smallest absolute Gasteiger partial charge is 0.242 e. The molecule has 0 fully saturated rings. The van der Waals surface area contributed by atoms with E-state index >= 15 is 0 Å². The summed E-state index contributed by atoms with van der Waals surface area (Å²) in [7, 11) is 1.61. The first-order valence-corrected chi connectivity index (χ1v) is 5.38. The molecule has 0 saturated heterocycles. The number of carbonyl (C=O) groups is 1. The lowest BCUT2D eigenvalue weighted by Crippen LogP contribution is -2.27. The van der Waals surface area contributed by atoms with Gasteiger partial charge in [0.1, 0.15) is 18.6 Å². The fraction of sp³-hybridized carbons (Fsp3) is 0.273. The summed E-state index contributed by atoms with van der Waals surface area (Å²) in [5.74, 6) is 0.650. The minimum absolute atomic E-state index is 0.114. The SMILES string of the molecule is COc1ccc(CNC(=O)Cn2cnnn2)cc1. The summed E-state index contributed by atoms with van der Waals surface area (Å²) in [5, 5.41) is 13.3. The van der Waals surface area contributed by atoms with Gasteiger partial charge in [0.05, 0.1) is 7.11 Å². The van der Waals surface area contributed by atoms with Crippen molar-refractivity contribution >= 4 is 5.91 Å². The highest BCUT2D eigenvalue weighted by Crippen LogP contribution is 2.10. The topological polar surface area (TPSA) is 81.9 Å². The van der Waals surface area contributed by atoms with Crippen LogP contribution in [0.25, 0.3) is 0 Å². The molecule has 1 N–H and O–H groups in total. The van der Waals surface area contributed by atoms with Gasteiger partial charge in [0.25, 0.3) is 0 Å². The molecule has 7 nitrogen and oxygen atoms in total. The van der Waals surface area contributed by atoms with E-state index in [1.54, 1.807) is 7.11 Å². The number of hydrogen-bond donors (Lipinski definition) is 1. The normalized spacial score (nSPS) is 10.1. The summed E-state index contributed by atoms with van der Waals surface area (Å²) in [6.45, 7) is 0.577. The molecule has 1 aromatic heterocycles. The molecule has 0 spiro atoms. The highest BCUT2D eigenvalue weighted by atomic mass is 16.5. The number of ether oxygens (including phenoxy) is 1. The first-order valence-electron chi connectivity index (χ1n) is 5.38. The number of nitrogens with zero attached hydrogens (tertiary/aromatic N) is 4. The molecule has 0 aliphatic carbocycles. The first-order chi connectivity index (χ1) is 8.78.